The number of halogens is 2. The molecule has 0 unspecified atom stereocenters. The number of rotatable bonds is 5. The second-order valence-corrected chi connectivity index (χ2v) is 4.76. The third-order valence-corrected chi connectivity index (χ3v) is 2.93. The van der Waals surface area contributed by atoms with Crippen molar-refractivity contribution in [3.63, 3.8) is 0 Å². The second kappa shape index (κ2) is 7.15. The monoisotopic (exact) mass is 315 g/mol. The molecule has 2 rings (SSSR count). The Morgan fingerprint density at radius 3 is 2.64 bits per heavy atom. The summed E-state index contributed by atoms with van der Waals surface area (Å²) in [4.78, 5) is 6.20. The van der Waals surface area contributed by atoms with Crippen molar-refractivity contribution in [2.75, 3.05) is 27.4 Å². The zero-order valence-electron chi connectivity index (χ0n) is 12.7. The van der Waals surface area contributed by atoms with Gasteiger partial charge in [-0.05, 0) is 13.0 Å². The number of alkyl halides is 2. The standard InChI is InChI=1S/C14H19F2N3O3/c1-4-17-14(19(2)3)18-7-9-5-11-12(21-8-20-11)6-10(9)22-13(15)16/h5-6,13H,4,7-8H2,1-3H3,(H,17,18). The first-order valence-electron chi connectivity index (χ1n) is 6.84. The molecule has 1 N–H and O–H groups in total. The Kier molecular flexibility index (Phi) is 5.24. The van der Waals surface area contributed by atoms with Crippen molar-refractivity contribution >= 4 is 5.96 Å². The normalized spacial score (nSPS) is 13.5. The molecular weight excluding hydrogens is 296 g/mol. The lowest BCUT2D eigenvalue weighted by Gasteiger charge is -2.17. The predicted octanol–water partition coefficient (Wildman–Crippen LogP) is 2.04. The maximum atomic E-state index is 12.5. The van der Waals surface area contributed by atoms with Crippen molar-refractivity contribution in [3.8, 4) is 17.2 Å². The van der Waals surface area contributed by atoms with Crippen molar-refractivity contribution in [3.05, 3.63) is 17.7 Å². The molecule has 0 radical (unpaired) electrons. The van der Waals surface area contributed by atoms with Crippen LogP contribution in [0.2, 0.25) is 0 Å². The van der Waals surface area contributed by atoms with Crippen LogP contribution in [0.1, 0.15) is 12.5 Å². The molecule has 0 saturated carbocycles. The zero-order chi connectivity index (χ0) is 16.1. The van der Waals surface area contributed by atoms with E-state index >= 15 is 0 Å². The van der Waals surface area contributed by atoms with Gasteiger partial charge in [-0.3, -0.25) is 0 Å². The molecule has 1 aromatic carbocycles. The first-order valence-corrected chi connectivity index (χ1v) is 6.84. The van der Waals surface area contributed by atoms with Crippen molar-refractivity contribution in [2.24, 2.45) is 4.99 Å². The van der Waals surface area contributed by atoms with E-state index in [0.29, 0.717) is 29.6 Å². The maximum absolute atomic E-state index is 12.5. The molecule has 0 amide bonds. The van der Waals surface area contributed by atoms with Gasteiger partial charge in [0.15, 0.2) is 17.5 Å². The van der Waals surface area contributed by atoms with E-state index in [9.17, 15) is 8.78 Å². The molecule has 1 aliphatic heterocycles. The number of benzene rings is 1. The molecule has 0 saturated heterocycles. The molecule has 1 aromatic rings. The average Bonchev–Trinajstić information content (AvgIpc) is 2.89. The first kappa shape index (κ1) is 16.1. The van der Waals surface area contributed by atoms with E-state index < -0.39 is 6.61 Å². The first-order chi connectivity index (χ1) is 10.5. The van der Waals surface area contributed by atoms with Gasteiger partial charge in [-0.2, -0.15) is 8.78 Å². The molecular formula is C14H19F2N3O3. The summed E-state index contributed by atoms with van der Waals surface area (Å²) in [6, 6.07) is 3.02. The molecule has 6 nitrogen and oxygen atoms in total. The molecule has 8 heteroatoms. The Morgan fingerprint density at radius 2 is 2.05 bits per heavy atom. The van der Waals surface area contributed by atoms with E-state index in [0.717, 1.165) is 0 Å². The number of ether oxygens (including phenoxy) is 3. The van der Waals surface area contributed by atoms with E-state index in [2.05, 4.69) is 15.0 Å². The predicted molar refractivity (Wildman–Crippen MR) is 77.7 cm³/mol. The highest BCUT2D eigenvalue weighted by atomic mass is 19.3. The summed E-state index contributed by atoms with van der Waals surface area (Å²) < 4.78 is 40.1. The summed E-state index contributed by atoms with van der Waals surface area (Å²) in [5, 5.41) is 3.10. The fourth-order valence-corrected chi connectivity index (χ4v) is 1.97. The number of nitrogens with zero attached hydrogens (tertiary/aromatic N) is 2. The smallest absolute Gasteiger partial charge is 0.387 e. The van der Waals surface area contributed by atoms with E-state index in [1.54, 1.807) is 6.07 Å². The van der Waals surface area contributed by atoms with Crippen molar-refractivity contribution in [1.82, 2.24) is 10.2 Å². The fraction of sp³-hybridized carbons (Fsp3) is 0.500. The van der Waals surface area contributed by atoms with Gasteiger partial charge in [0.2, 0.25) is 6.79 Å². The third-order valence-electron chi connectivity index (χ3n) is 2.93. The fourth-order valence-electron chi connectivity index (χ4n) is 1.97. The molecule has 0 atom stereocenters. The van der Waals surface area contributed by atoms with Gasteiger partial charge in [-0.15, -0.1) is 0 Å². The molecule has 1 aliphatic rings. The molecule has 0 aliphatic carbocycles. The lowest BCUT2D eigenvalue weighted by Crippen LogP contribution is -2.36. The second-order valence-electron chi connectivity index (χ2n) is 4.76. The SMILES string of the molecule is CCNC(=NCc1cc2c(cc1OC(F)F)OCO2)N(C)C. The van der Waals surface area contributed by atoms with Gasteiger partial charge in [0, 0.05) is 32.3 Å². The molecule has 22 heavy (non-hydrogen) atoms. The molecule has 122 valence electrons. The minimum atomic E-state index is -2.91. The maximum Gasteiger partial charge on any atom is 0.387 e. The van der Waals surface area contributed by atoms with Gasteiger partial charge in [0.25, 0.3) is 0 Å². The average molecular weight is 315 g/mol. The summed E-state index contributed by atoms with van der Waals surface area (Å²) in [6.07, 6.45) is 0. The zero-order valence-corrected chi connectivity index (χ0v) is 12.7. The van der Waals surface area contributed by atoms with Gasteiger partial charge in [0.05, 0.1) is 6.54 Å². The lowest BCUT2D eigenvalue weighted by molar-refractivity contribution is -0.0505. The Hall–Kier alpha value is -2.25. The van der Waals surface area contributed by atoms with Crippen LogP contribution < -0.4 is 19.5 Å². The Labute approximate surface area is 127 Å². The molecule has 0 bridgehead atoms. The van der Waals surface area contributed by atoms with Crippen LogP contribution in [0, 0.1) is 0 Å². The van der Waals surface area contributed by atoms with Crippen LogP contribution in [0.5, 0.6) is 17.2 Å². The molecule has 0 fully saturated rings. The number of guanidine groups is 1. The number of fused-ring (bicyclic) bond motifs is 1. The highest BCUT2D eigenvalue weighted by molar-refractivity contribution is 5.79. The highest BCUT2D eigenvalue weighted by Gasteiger charge is 2.20. The summed E-state index contributed by atoms with van der Waals surface area (Å²) in [5.74, 6) is 1.59. The van der Waals surface area contributed by atoms with Crippen LogP contribution in [0.15, 0.2) is 17.1 Å². The van der Waals surface area contributed by atoms with Gasteiger partial charge in [0.1, 0.15) is 5.75 Å². The van der Waals surface area contributed by atoms with Crippen molar-refractivity contribution in [2.45, 2.75) is 20.1 Å². The van der Waals surface area contributed by atoms with Gasteiger partial charge >= 0.3 is 6.61 Å². The molecule has 0 aromatic heterocycles. The minimum Gasteiger partial charge on any atom is -0.454 e. The number of hydrogen-bond donors (Lipinski definition) is 1. The van der Waals surface area contributed by atoms with E-state index in [1.807, 2.05) is 25.9 Å². The van der Waals surface area contributed by atoms with Crippen molar-refractivity contribution in [1.29, 1.82) is 0 Å². The van der Waals surface area contributed by atoms with Crippen LogP contribution in [-0.2, 0) is 6.54 Å². The Morgan fingerprint density at radius 1 is 1.36 bits per heavy atom. The van der Waals surface area contributed by atoms with Crippen LogP contribution in [-0.4, -0.2) is 44.9 Å². The van der Waals surface area contributed by atoms with E-state index in [-0.39, 0.29) is 19.1 Å². The Balaban J connectivity index is 2.26. The topological polar surface area (TPSA) is 55.3 Å². The molecule has 0 spiro atoms. The van der Waals surface area contributed by atoms with Crippen LogP contribution in [0.3, 0.4) is 0 Å². The largest absolute Gasteiger partial charge is 0.454 e. The quantitative estimate of drug-likeness (QED) is 0.666. The Bertz CT molecular complexity index is 550. The van der Waals surface area contributed by atoms with Crippen LogP contribution >= 0.6 is 0 Å². The van der Waals surface area contributed by atoms with Crippen molar-refractivity contribution < 1.29 is 23.0 Å². The summed E-state index contributed by atoms with van der Waals surface area (Å²) >= 11 is 0. The number of nitrogens with one attached hydrogen (secondary N) is 1. The minimum absolute atomic E-state index is 0.0394. The van der Waals surface area contributed by atoms with Gasteiger partial charge in [-0.25, -0.2) is 4.99 Å². The van der Waals surface area contributed by atoms with Crippen LogP contribution in [0.25, 0.3) is 0 Å². The third kappa shape index (κ3) is 3.90. The summed E-state index contributed by atoms with van der Waals surface area (Å²) in [6.45, 7) is -0.00989. The van der Waals surface area contributed by atoms with Gasteiger partial charge < -0.3 is 24.4 Å². The number of hydrogen-bond acceptors (Lipinski definition) is 4. The molecule has 1 heterocycles. The van der Waals surface area contributed by atoms with E-state index in [4.69, 9.17) is 9.47 Å². The van der Waals surface area contributed by atoms with Crippen LogP contribution in [0.4, 0.5) is 8.78 Å². The lowest BCUT2D eigenvalue weighted by atomic mass is 10.1. The summed E-state index contributed by atoms with van der Waals surface area (Å²) in [7, 11) is 3.69. The van der Waals surface area contributed by atoms with E-state index in [1.165, 1.54) is 6.07 Å². The van der Waals surface area contributed by atoms with Gasteiger partial charge in [-0.1, -0.05) is 0 Å². The summed E-state index contributed by atoms with van der Waals surface area (Å²) in [5.41, 5.74) is 0.502. The number of aliphatic imine (C=N–C) groups is 1. The highest BCUT2D eigenvalue weighted by Crippen LogP contribution is 2.39.